The van der Waals surface area contributed by atoms with Crippen LogP contribution in [0.25, 0.3) is 0 Å². The number of hydroxylamine groups is 4. The van der Waals surface area contributed by atoms with Gasteiger partial charge in [0.15, 0.2) is 0 Å². The van der Waals surface area contributed by atoms with Crippen molar-refractivity contribution in [2.45, 2.75) is 102 Å². The van der Waals surface area contributed by atoms with Crippen LogP contribution in [0.5, 0.6) is 0 Å². The fourth-order valence-corrected chi connectivity index (χ4v) is 4.11. The number of hydrogen-bond acceptors (Lipinski definition) is 12. The molecular weight excluding hydrogens is 592 g/mol. The van der Waals surface area contributed by atoms with Crippen LogP contribution in [0.1, 0.15) is 89.9 Å². The van der Waals surface area contributed by atoms with Crippen molar-refractivity contribution >= 4 is 59.3 Å². The zero-order valence-corrected chi connectivity index (χ0v) is 23.7. The maximum atomic E-state index is 12.2. The summed E-state index contributed by atoms with van der Waals surface area (Å²) in [6.45, 7) is 0. The molecule has 0 spiro atoms. The van der Waals surface area contributed by atoms with E-state index < -0.39 is 84.2 Å². The molecule has 2 fully saturated rings. The van der Waals surface area contributed by atoms with Crippen molar-refractivity contribution in [2.24, 2.45) is 0 Å². The van der Waals surface area contributed by atoms with E-state index in [9.17, 15) is 58.2 Å². The van der Waals surface area contributed by atoms with Crippen LogP contribution in [0.2, 0.25) is 0 Å². The maximum absolute atomic E-state index is 12.2. The van der Waals surface area contributed by atoms with Gasteiger partial charge in [-0.3, -0.25) is 28.8 Å². The Morgan fingerprint density at radius 1 is 0.568 bits per heavy atom. The van der Waals surface area contributed by atoms with Crippen molar-refractivity contribution in [3.8, 4) is 0 Å². The molecule has 242 valence electrons. The van der Waals surface area contributed by atoms with E-state index in [0.717, 1.165) is 0 Å². The molecule has 0 aromatic carbocycles. The van der Waals surface area contributed by atoms with Crippen molar-refractivity contribution in [3.05, 3.63) is 0 Å². The minimum absolute atomic E-state index is 0.0387. The minimum Gasteiger partial charge on any atom is -0.480 e. The van der Waals surface area contributed by atoms with Crippen LogP contribution in [0.4, 0.5) is 0 Å². The van der Waals surface area contributed by atoms with Gasteiger partial charge in [0.2, 0.25) is 11.8 Å². The number of unbranched alkanes of at least 4 members (excludes halogenated alkanes) is 3. The average molecular weight is 627 g/mol. The summed E-state index contributed by atoms with van der Waals surface area (Å²) in [6.07, 6.45) is -0.354. The Kier molecular flexibility index (Phi) is 13.9. The van der Waals surface area contributed by atoms with E-state index in [1.807, 2.05) is 0 Å². The fourth-order valence-electron chi connectivity index (χ4n) is 4.11. The molecule has 18 nitrogen and oxygen atoms in total. The number of aliphatic carboxylic acids is 2. The van der Waals surface area contributed by atoms with Crippen LogP contribution in [0.3, 0.4) is 0 Å². The highest BCUT2D eigenvalue weighted by molar-refractivity contribution is 6.02. The number of amides is 6. The molecule has 2 atom stereocenters. The third kappa shape index (κ3) is 11.8. The molecule has 2 aliphatic rings. The Morgan fingerprint density at radius 2 is 0.886 bits per heavy atom. The molecular formula is C26H34N4O14. The highest BCUT2D eigenvalue weighted by Gasteiger charge is 2.34. The molecule has 2 heterocycles. The van der Waals surface area contributed by atoms with Gasteiger partial charge >= 0.3 is 23.9 Å². The number of carboxylic acids is 2. The number of hydrogen-bond donors (Lipinski definition) is 4. The second-order valence-corrected chi connectivity index (χ2v) is 10.00. The SMILES string of the molecule is O=C(CCCCCCC(=O)N[C@@H](CCC(=O)ON1C(=O)CCC1=O)C(=O)O)N[C@@H](CCC(=O)ON1C(=O)CCC1=O)C(=O)O. The third-order valence-corrected chi connectivity index (χ3v) is 6.50. The first-order chi connectivity index (χ1) is 20.8. The summed E-state index contributed by atoms with van der Waals surface area (Å²) in [5.74, 6) is -8.66. The second kappa shape index (κ2) is 17.3. The first-order valence-electron chi connectivity index (χ1n) is 14.0. The summed E-state index contributed by atoms with van der Waals surface area (Å²) in [4.78, 5) is 126. The van der Waals surface area contributed by atoms with Crippen LogP contribution >= 0.6 is 0 Å². The maximum Gasteiger partial charge on any atom is 0.333 e. The summed E-state index contributed by atoms with van der Waals surface area (Å²) >= 11 is 0. The van der Waals surface area contributed by atoms with Gasteiger partial charge in [-0.1, -0.05) is 12.8 Å². The lowest BCUT2D eigenvalue weighted by molar-refractivity contribution is -0.197. The minimum atomic E-state index is -1.40. The molecule has 6 amide bonds. The molecule has 2 rings (SSSR count). The smallest absolute Gasteiger partial charge is 0.333 e. The van der Waals surface area contributed by atoms with E-state index >= 15 is 0 Å². The predicted molar refractivity (Wildman–Crippen MR) is 140 cm³/mol. The van der Waals surface area contributed by atoms with Crippen LogP contribution in [-0.4, -0.2) is 91.7 Å². The van der Waals surface area contributed by atoms with Gasteiger partial charge in [0, 0.05) is 38.5 Å². The Morgan fingerprint density at radius 3 is 1.18 bits per heavy atom. The summed E-state index contributed by atoms with van der Waals surface area (Å²) in [5.41, 5.74) is 0. The number of rotatable bonds is 19. The second-order valence-electron chi connectivity index (χ2n) is 10.00. The van der Waals surface area contributed by atoms with E-state index in [-0.39, 0.29) is 51.4 Å². The van der Waals surface area contributed by atoms with E-state index in [0.29, 0.717) is 35.8 Å². The molecule has 0 saturated carbocycles. The van der Waals surface area contributed by atoms with Crippen LogP contribution in [0, 0.1) is 0 Å². The van der Waals surface area contributed by atoms with Crippen molar-refractivity contribution in [1.82, 2.24) is 20.8 Å². The molecule has 4 N–H and O–H groups in total. The molecule has 0 aromatic rings. The Balaban J connectivity index is 1.60. The number of nitrogens with zero attached hydrogens (tertiary/aromatic N) is 2. The molecule has 2 saturated heterocycles. The van der Waals surface area contributed by atoms with Gasteiger partial charge in [-0.25, -0.2) is 19.2 Å². The lowest BCUT2D eigenvalue weighted by Crippen LogP contribution is -2.41. The number of carbonyl (C=O) groups excluding carboxylic acids is 8. The van der Waals surface area contributed by atoms with Gasteiger partial charge < -0.3 is 30.5 Å². The molecule has 0 aliphatic carbocycles. The van der Waals surface area contributed by atoms with E-state index in [2.05, 4.69) is 20.3 Å². The number of carbonyl (C=O) groups is 10. The molecule has 44 heavy (non-hydrogen) atoms. The third-order valence-electron chi connectivity index (χ3n) is 6.50. The van der Waals surface area contributed by atoms with Crippen molar-refractivity contribution in [2.75, 3.05) is 0 Å². The van der Waals surface area contributed by atoms with Gasteiger partial charge in [-0.15, -0.1) is 10.1 Å². The van der Waals surface area contributed by atoms with E-state index in [4.69, 9.17) is 0 Å². The van der Waals surface area contributed by atoms with Gasteiger partial charge in [0.25, 0.3) is 23.6 Å². The Hall–Kier alpha value is -4.90. The number of carboxylic acid groups (broad SMARTS) is 2. The summed E-state index contributed by atoms with van der Waals surface area (Å²) in [6, 6.07) is -2.81. The number of nitrogens with one attached hydrogen (secondary N) is 2. The van der Waals surface area contributed by atoms with E-state index in [1.54, 1.807) is 0 Å². The lowest BCUT2D eigenvalue weighted by Gasteiger charge is -2.16. The first-order valence-corrected chi connectivity index (χ1v) is 14.0. The largest absolute Gasteiger partial charge is 0.480 e. The zero-order chi connectivity index (χ0) is 32.8. The van der Waals surface area contributed by atoms with Crippen molar-refractivity contribution in [1.29, 1.82) is 0 Å². The van der Waals surface area contributed by atoms with Crippen molar-refractivity contribution in [3.63, 3.8) is 0 Å². The van der Waals surface area contributed by atoms with E-state index in [1.165, 1.54) is 0 Å². The van der Waals surface area contributed by atoms with Gasteiger partial charge in [-0.2, -0.15) is 0 Å². The quantitative estimate of drug-likeness (QED) is 0.101. The highest BCUT2D eigenvalue weighted by Crippen LogP contribution is 2.15. The summed E-state index contributed by atoms with van der Waals surface area (Å²) in [7, 11) is 0. The number of imide groups is 2. The molecule has 0 bridgehead atoms. The normalized spacial score (nSPS) is 16.0. The lowest BCUT2D eigenvalue weighted by atomic mass is 10.1. The van der Waals surface area contributed by atoms with Gasteiger partial charge in [0.05, 0.1) is 12.8 Å². The van der Waals surface area contributed by atoms with Crippen LogP contribution in [-0.2, 0) is 57.6 Å². The van der Waals surface area contributed by atoms with Crippen LogP contribution < -0.4 is 10.6 Å². The van der Waals surface area contributed by atoms with Crippen molar-refractivity contribution < 1.29 is 67.8 Å². The molecule has 0 aromatic heterocycles. The molecule has 2 aliphatic heterocycles. The zero-order valence-electron chi connectivity index (χ0n) is 23.7. The Labute approximate surface area is 250 Å². The Bertz CT molecular complexity index is 1060. The predicted octanol–water partition coefficient (Wildman–Crippen LogP) is -0.759. The monoisotopic (exact) mass is 626 g/mol. The summed E-state index contributed by atoms with van der Waals surface area (Å²) in [5, 5.41) is 23.9. The molecule has 18 heteroatoms. The molecule has 0 radical (unpaired) electrons. The van der Waals surface area contributed by atoms with Crippen LogP contribution in [0.15, 0.2) is 0 Å². The average Bonchev–Trinajstić information content (AvgIpc) is 3.44. The fraction of sp³-hybridized carbons (Fsp3) is 0.615. The molecule has 0 unspecified atom stereocenters. The summed E-state index contributed by atoms with van der Waals surface area (Å²) < 4.78 is 0. The van der Waals surface area contributed by atoms with Gasteiger partial charge in [0.1, 0.15) is 12.1 Å². The standard InChI is InChI=1S/C26H34N4O14/c31-17(27-15(25(39)40)7-13-23(37)43-29-19(33)9-10-20(29)34)5-3-1-2-4-6-18(32)28-16(26(41)42)8-14-24(38)44-30-21(35)11-12-22(30)36/h15-16H,1-14H2,(H,27,31)(H,28,32)(H,39,40)(H,41,42)/t15-,16-/m0/s1. The first kappa shape index (κ1) is 35.3. The topological polar surface area (TPSA) is 260 Å². The van der Waals surface area contributed by atoms with Gasteiger partial charge in [-0.05, 0) is 25.7 Å². The highest BCUT2D eigenvalue weighted by atomic mass is 16.7.